The molecule has 0 aliphatic heterocycles. The van der Waals surface area contributed by atoms with Gasteiger partial charge < -0.3 is 5.32 Å². The van der Waals surface area contributed by atoms with Crippen LogP contribution >= 0.6 is 11.6 Å². The first-order chi connectivity index (χ1) is 8.13. The van der Waals surface area contributed by atoms with Gasteiger partial charge in [-0.25, -0.2) is 4.39 Å². The van der Waals surface area contributed by atoms with Crippen molar-refractivity contribution >= 4 is 11.6 Å². The molecule has 0 radical (unpaired) electrons. The molecule has 0 bridgehead atoms. The van der Waals surface area contributed by atoms with Crippen LogP contribution in [0.15, 0.2) is 18.2 Å². The second-order valence-corrected chi connectivity index (χ2v) is 4.81. The maximum absolute atomic E-state index is 13.1. The fourth-order valence-electron chi connectivity index (χ4n) is 2.41. The number of nitrogens with one attached hydrogen (secondary N) is 1. The molecule has 0 heterocycles. The van der Waals surface area contributed by atoms with Gasteiger partial charge >= 0.3 is 0 Å². The van der Waals surface area contributed by atoms with E-state index in [4.69, 9.17) is 11.6 Å². The molecule has 1 atom stereocenters. The summed E-state index contributed by atoms with van der Waals surface area (Å²) in [5, 5.41) is 3.74. The Balaban J connectivity index is 3.03. The molecule has 1 unspecified atom stereocenters. The van der Waals surface area contributed by atoms with E-state index in [-0.39, 0.29) is 5.82 Å². The van der Waals surface area contributed by atoms with E-state index in [1.807, 2.05) is 13.1 Å². The predicted octanol–water partition coefficient (Wildman–Crippen LogP) is 4.22. The van der Waals surface area contributed by atoms with E-state index in [9.17, 15) is 4.39 Å². The highest BCUT2D eigenvalue weighted by Gasteiger charge is 2.22. The highest BCUT2D eigenvalue weighted by molar-refractivity contribution is 6.31. The monoisotopic (exact) mass is 257 g/mol. The molecule has 1 rings (SSSR count). The van der Waals surface area contributed by atoms with Crippen molar-refractivity contribution in [1.29, 1.82) is 0 Å². The standard InChI is InChI=1S/C14H21ClFN/c1-4-10(5-2)13(9-17-3)12-7-6-11(16)8-14(12)15/h6-8,10,13,17H,4-5,9H2,1-3H3. The molecule has 3 heteroatoms. The molecule has 1 N–H and O–H groups in total. The summed E-state index contributed by atoms with van der Waals surface area (Å²) in [5.74, 6) is 0.653. The van der Waals surface area contributed by atoms with Crippen LogP contribution in [0.5, 0.6) is 0 Å². The third-order valence-electron chi connectivity index (χ3n) is 3.40. The Hall–Kier alpha value is -0.600. The normalized spacial score (nSPS) is 13.1. The minimum absolute atomic E-state index is 0.272. The zero-order valence-corrected chi connectivity index (χ0v) is 11.5. The molecule has 0 amide bonds. The summed E-state index contributed by atoms with van der Waals surface area (Å²) in [4.78, 5) is 0. The van der Waals surface area contributed by atoms with Crippen LogP contribution in [0.2, 0.25) is 5.02 Å². The smallest absolute Gasteiger partial charge is 0.124 e. The van der Waals surface area contributed by atoms with E-state index < -0.39 is 0 Å². The molecule has 17 heavy (non-hydrogen) atoms. The van der Waals surface area contributed by atoms with Crippen LogP contribution in [0.4, 0.5) is 4.39 Å². The van der Waals surface area contributed by atoms with Gasteiger partial charge in [-0.3, -0.25) is 0 Å². The molecule has 0 fully saturated rings. The number of hydrogen-bond acceptors (Lipinski definition) is 1. The molecule has 0 aliphatic rings. The number of likely N-dealkylation sites (N-methyl/N-ethyl adjacent to an activating group) is 1. The van der Waals surface area contributed by atoms with Gasteiger partial charge in [0.25, 0.3) is 0 Å². The van der Waals surface area contributed by atoms with E-state index in [0.717, 1.165) is 24.9 Å². The molecular formula is C14H21ClFN. The van der Waals surface area contributed by atoms with E-state index in [1.54, 1.807) is 0 Å². The summed E-state index contributed by atoms with van der Waals surface area (Å²) in [6, 6.07) is 4.71. The Kier molecular flexibility index (Phi) is 5.93. The highest BCUT2D eigenvalue weighted by Crippen LogP contribution is 2.33. The van der Waals surface area contributed by atoms with E-state index in [0.29, 0.717) is 16.9 Å². The summed E-state index contributed by atoms with van der Waals surface area (Å²) in [6.45, 7) is 5.25. The van der Waals surface area contributed by atoms with Crippen LogP contribution in [0.1, 0.15) is 38.2 Å². The second kappa shape index (κ2) is 6.97. The third kappa shape index (κ3) is 3.68. The van der Waals surface area contributed by atoms with Gasteiger partial charge in [-0.2, -0.15) is 0 Å². The molecule has 1 aromatic rings. The lowest BCUT2D eigenvalue weighted by Crippen LogP contribution is -2.24. The molecule has 0 saturated carbocycles. The van der Waals surface area contributed by atoms with Gasteiger partial charge in [0, 0.05) is 17.5 Å². The van der Waals surface area contributed by atoms with Gasteiger partial charge in [-0.05, 0) is 30.7 Å². The first kappa shape index (κ1) is 14.5. The summed E-state index contributed by atoms with van der Waals surface area (Å²) in [6.07, 6.45) is 2.22. The number of hydrogen-bond donors (Lipinski definition) is 1. The molecule has 0 aliphatic carbocycles. The molecule has 0 aromatic heterocycles. The minimum Gasteiger partial charge on any atom is -0.319 e. The Morgan fingerprint density at radius 3 is 2.41 bits per heavy atom. The van der Waals surface area contributed by atoms with Crippen molar-refractivity contribution in [2.24, 2.45) is 5.92 Å². The lowest BCUT2D eigenvalue weighted by Gasteiger charge is -2.26. The second-order valence-electron chi connectivity index (χ2n) is 4.41. The topological polar surface area (TPSA) is 12.0 Å². The molecule has 0 saturated heterocycles. The average Bonchev–Trinajstić information content (AvgIpc) is 2.30. The lowest BCUT2D eigenvalue weighted by molar-refractivity contribution is 0.387. The van der Waals surface area contributed by atoms with E-state index >= 15 is 0 Å². The fraction of sp³-hybridized carbons (Fsp3) is 0.571. The molecule has 0 spiro atoms. The Labute approximate surface area is 108 Å². The van der Waals surface area contributed by atoms with Crippen LogP contribution in [0.3, 0.4) is 0 Å². The molecule has 96 valence electrons. The van der Waals surface area contributed by atoms with E-state index in [2.05, 4.69) is 19.2 Å². The van der Waals surface area contributed by atoms with Crippen molar-refractivity contribution in [3.63, 3.8) is 0 Å². The van der Waals surface area contributed by atoms with Crippen molar-refractivity contribution in [3.8, 4) is 0 Å². The van der Waals surface area contributed by atoms with Crippen molar-refractivity contribution < 1.29 is 4.39 Å². The Bertz CT molecular complexity index is 350. The summed E-state index contributed by atoms with van der Waals surface area (Å²) in [7, 11) is 1.94. The lowest BCUT2D eigenvalue weighted by atomic mass is 9.82. The van der Waals surface area contributed by atoms with Crippen LogP contribution in [0, 0.1) is 11.7 Å². The summed E-state index contributed by atoms with van der Waals surface area (Å²) in [5.41, 5.74) is 1.05. The van der Waals surface area contributed by atoms with Gasteiger partial charge in [0.15, 0.2) is 0 Å². The largest absolute Gasteiger partial charge is 0.319 e. The van der Waals surface area contributed by atoms with Gasteiger partial charge in [0.2, 0.25) is 0 Å². The number of benzene rings is 1. The van der Waals surface area contributed by atoms with Crippen molar-refractivity contribution in [2.75, 3.05) is 13.6 Å². The van der Waals surface area contributed by atoms with Crippen LogP contribution in [-0.4, -0.2) is 13.6 Å². The van der Waals surface area contributed by atoms with Crippen LogP contribution in [-0.2, 0) is 0 Å². The minimum atomic E-state index is -0.272. The first-order valence-corrected chi connectivity index (χ1v) is 6.61. The first-order valence-electron chi connectivity index (χ1n) is 6.23. The Morgan fingerprint density at radius 2 is 1.94 bits per heavy atom. The summed E-state index contributed by atoms with van der Waals surface area (Å²) < 4.78 is 13.1. The summed E-state index contributed by atoms with van der Waals surface area (Å²) >= 11 is 6.15. The van der Waals surface area contributed by atoms with Gasteiger partial charge in [-0.15, -0.1) is 0 Å². The zero-order chi connectivity index (χ0) is 12.8. The van der Waals surface area contributed by atoms with E-state index in [1.165, 1.54) is 12.1 Å². The van der Waals surface area contributed by atoms with Crippen molar-refractivity contribution in [1.82, 2.24) is 5.32 Å². The van der Waals surface area contributed by atoms with Crippen molar-refractivity contribution in [3.05, 3.63) is 34.6 Å². The van der Waals surface area contributed by atoms with Crippen LogP contribution < -0.4 is 5.32 Å². The highest BCUT2D eigenvalue weighted by atomic mass is 35.5. The number of rotatable bonds is 6. The maximum atomic E-state index is 13.1. The Morgan fingerprint density at radius 1 is 1.29 bits per heavy atom. The molecule has 1 aromatic carbocycles. The van der Waals surface area contributed by atoms with Crippen molar-refractivity contribution in [2.45, 2.75) is 32.6 Å². The van der Waals surface area contributed by atoms with Gasteiger partial charge in [0.05, 0.1) is 0 Å². The van der Waals surface area contributed by atoms with Crippen LogP contribution in [0.25, 0.3) is 0 Å². The fourth-order valence-corrected chi connectivity index (χ4v) is 2.72. The molecular weight excluding hydrogens is 237 g/mol. The zero-order valence-electron chi connectivity index (χ0n) is 10.8. The SMILES string of the molecule is CCC(CC)C(CNC)c1ccc(F)cc1Cl. The van der Waals surface area contributed by atoms with Gasteiger partial charge in [-0.1, -0.05) is 44.4 Å². The number of halogens is 2. The predicted molar refractivity (Wildman–Crippen MR) is 72.1 cm³/mol. The maximum Gasteiger partial charge on any atom is 0.124 e. The quantitative estimate of drug-likeness (QED) is 0.805. The third-order valence-corrected chi connectivity index (χ3v) is 3.73. The molecule has 1 nitrogen and oxygen atoms in total. The average molecular weight is 258 g/mol. The van der Waals surface area contributed by atoms with Gasteiger partial charge in [0.1, 0.15) is 5.82 Å².